The van der Waals surface area contributed by atoms with Gasteiger partial charge in [-0.05, 0) is 60.1 Å². The molecule has 5 heteroatoms. The van der Waals surface area contributed by atoms with Gasteiger partial charge >= 0.3 is 0 Å². The first kappa shape index (κ1) is 13.1. The monoisotopic (exact) mass is 331 g/mol. The van der Waals surface area contributed by atoms with Crippen LogP contribution in [0.2, 0.25) is 0 Å². The van der Waals surface area contributed by atoms with Gasteiger partial charge in [0.05, 0.1) is 11.6 Å². The Kier molecular flexibility index (Phi) is 3.44. The van der Waals surface area contributed by atoms with Crippen molar-refractivity contribution in [2.24, 2.45) is 0 Å². The highest BCUT2D eigenvalue weighted by Crippen LogP contribution is 2.23. The van der Waals surface area contributed by atoms with Gasteiger partial charge in [-0.3, -0.25) is 0 Å². The highest BCUT2D eigenvalue weighted by Gasteiger charge is 2.07. The van der Waals surface area contributed by atoms with E-state index >= 15 is 0 Å². The summed E-state index contributed by atoms with van der Waals surface area (Å²) in [6, 6.07) is 9.85. The lowest BCUT2D eigenvalue weighted by atomic mass is 10.2. The van der Waals surface area contributed by atoms with Crippen LogP contribution in [0.5, 0.6) is 5.75 Å². The molecule has 2 aromatic heterocycles. The van der Waals surface area contributed by atoms with Crippen molar-refractivity contribution < 1.29 is 4.74 Å². The Hall–Kier alpha value is -1.88. The van der Waals surface area contributed by atoms with Gasteiger partial charge in [0.25, 0.3) is 0 Å². The van der Waals surface area contributed by atoms with Crippen LogP contribution < -0.4 is 4.74 Å². The third kappa shape index (κ3) is 2.67. The van der Waals surface area contributed by atoms with E-state index in [9.17, 15) is 0 Å². The van der Waals surface area contributed by atoms with Crippen molar-refractivity contribution in [3.8, 4) is 17.1 Å². The van der Waals surface area contributed by atoms with E-state index in [1.54, 1.807) is 6.20 Å². The Labute approximate surface area is 125 Å². The number of aromatic nitrogens is 3. The van der Waals surface area contributed by atoms with E-state index in [0.717, 1.165) is 27.1 Å². The van der Waals surface area contributed by atoms with E-state index in [1.807, 2.05) is 44.2 Å². The number of aromatic amines is 1. The summed E-state index contributed by atoms with van der Waals surface area (Å²) in [7, 11) is 0. The summed E-state index contributed by atoms with van der Waals surface area (Å²) in [6.45, 7) is 4.02. The fourth-order valence-electron chi connectivity index (χ4n) is 1.97. The van der Waals surface area contributed by atoms with Crippen LogP contribution in [-0.2, 0) is 0 Å². The molecule has 3 rings (SSSR count). The third-order valence-electron chi connectivity index (χ3n) is 2.80. The van der Waals surface area contributed by atoms with Crippen LogP contribution in [0.1, 0.15) is 13.8 Å². The number of fused-ring (bicyclic) bond motifs is 1. The molecular weight excluding hydrogens is 318 g/mol. The Morgan fingerprint density at radius 3 is 2.65 bits per heavy atom. The van der Waals surface area contributed by atoms with Crippen LogP contribution in [0.4, 0.5) is 0 Å². The molecule has 1 N–H and O–H groups in total. The van der Waals surface area contributed by atoms with E-state index in [-0.39, 0.29) is 6.10 Å². The largest absolute Gasteiger partial charge is 0.491 e. The van der Waals surface area contributed by atoms with Crippen molar-refractivity contribution >= 4 is 27.1 Å². The summed E-state index contributed by atoms with van der Waals surface area (Å²) in [6.07, 6.45) is 1.92. The minimum atomic E-state index is 0.175. The van der Waals surface area contributed by atoms with Crippen molar-refractivity contribution in [3.05, 3.63) is 41.0 Å². The molecular formula is C15H14BrN3O. The molecule has 2 heterocycles. The topological polar surface area (TPSA) is 50.8 Å². The van der Waals surface area contributed by atoms with Gasteiger partial charge in [-0.1, -0.05) is 0 Å². The summed E-state index contributed by atoms with van der Waals surface area (Å²) in [5.74, 6) is 1.67. The summed E-state index contributed by atoms with van der Waals surface area (Å²) >= 11 is 3.40. The van der Waals surface area contributed by atoms with Gasteiger partial charge in [-0.2, -0.15) is 0 Å². The van der Waals surface area contributed by atoms with Gasteiger partial charge in [0, 0.05) is 16.2 Å². The summed E-state index contributed by atoms with van der Waals surface area (Å²) < 4.78 is 6.56. The first-order chi connectivity index (χ1) is 9.61. The number of hydrogen-bond acceptors (Lipinski definition) is 3. The number of halogens is 1. The molecule has 0 aliphatic rings. The minimum Gasteiger partial charge on any atom is -0.491 e. The van der Waals surface area contributed by atoms with Gasteiger partial charge in [-0.15, -0.1) is 0 Å². The lowest BCUT2D eigenvalue weighted by Gasteiger charge is -2.09. The first-order valence-electron chi connectivity index (χ1n) is 6.40. The molecule has 0 aliphatic carbocycles. The van der Waals surface area contributed by atoms with E-state index in [4.69, 9.17) is 4.74 Å². The molecule has 0 radical (unpaired) electrons. The molecule has 20 heavy (non-hydrogen) atoms. The average molecular weight is 332 g/mol. The lowest BCUT2D eigenvalue weighted by molar-refractivity contribution is 0.242. The van der Waals surface area contributed by atoms with Crippen molar-refractivity contribution in [1.29, 1.82) is 0 Å². The van der Waals surface area contributed by atoms with Gasteiger partial charge in [0.2, 0.25) is 0 Å². The summed E-state index contributed by atoms with van der Waals surface area (Å²) in [4.78, 5) is 12.0. The normalized spacial score (nSPS) is 11.2. The van der Waals surface area contributed by atoms with Crippen LogP contribution in [0.25, 0.3) is 22.6 Å². The minimum absolute atomic E-state index is 0.175. The fourth-order valence-corrected chi connectivity index (χ4v) is 2.31. The number of ether oxygens (including phenoxy) is 1. The highest BCUT2D eigenvalue weighted by molar-refractivity contribution is 9.10. The second kappa shape index (κ2) is 5.25. The van der Waals surface area contributed by atoms with Crippen LogP contribution in [0, 0.1) is 0 Å². The zero-order valence-electron chi connectivity index (χ0n) is 11.2. The Bertz CT molecular complexity index is 734. The second-order valence-electron chi connectivity index (χ2n) is 4.80. The smallest absolute Gasteiger partial charge is 0.178 e. The number of nitrogens with one attached hydrogen (secondary N) is 1. The molecule has 0 saturated heterocycles. The SMILES string of the molecule is CC(C)Oc1ccc(-c2nc3ncc(Br)cc3[nH]2)cc1. The standard InChI is InChI=1S/C15H14BrN3O/c1-9(2)20-12-5-3-10(4-6-12)14-18-13-7-11(16)8-17-15(13)19-14/h3-9H,1-2H3,(H,17,18,19). The molecule has 0 unspecified atom stereocenters. The summed E-state index contributed by atoms with van der Waals surface area (Å²) in [5.41, 5.74) is 2.64. The molecule has 0 saturated carbocycles. The highest BCUT2D eigenvalue weighted by atomic mass is 79.9. The number of rotatable bonds is 3. The van der Waals surface area contributed by atoms with Crippen molar-refractivity contribution in [2.75, 3.05) is 0 Å². The maximum Gasteiger partial charge on any atom is 0.178 e. The van der Waals surface area contributed by atoms with Crippen LogP contribution >= 0.6 is 15.9 Å². The summed E-state index contributed by atoms with van der Waals surface area (Å²) in [5, 5.41) is 0. The average Bonchev–Trinajstić information content (AvgIpc) is 2.81. The molecule has 3 aromatic rings. The van der Waals surface area contributed by atoms with E-state index in [2.05, 4.69) is 30.9 Å². The third-order valence-corrected chi connectivity index (χ3v) is 3.24. The predicted octanol–water partition coefficient (Wildman–Crippen LogP) is 4.17. The zero-order chi connectivity index (χ0) is 14.1. The Morgan fingerprint density at radius 2 is 1.95 bits per heavy atom. The maximum absolute atomic E-state index is 5.63. The maximum atomic E-state index is 5.63. The zero-order valence-corrected chi connectivity index (χ0v) is 12.8. The number of nitrogens with zero attached hydrogens (tertiary/aromatic N) is 2. The number of imidazole rings is 1. The quantitative estimate of drug-likeness (QED) is 0.783. The van der Waals surface area contributed by atoms with Crippen molar-refractivity contribution in [2.45, 2.75) is 20.0 Å². The van der Waals surface area contributed by atoms with Crippen LogP contribution in [-0.4, -0.2) is 21.1 Å². The molecule has 0 atom stereocenters. The fraction of sp³-hybridized carbons (Fsp3) is 0.200. The second-order valence-corrected chi connectivity index (χ2v) is 5.72. The van der Waals surface area contributed by atoms with Crippen molar-refractivity contribution in [1.82, 2.24) is 15.0 Å². The molecule has 0 bridgehead atoms. The first-order valence-corrected chi connectivity index (χ1v) is 7.19. The van der Waals surface area contributed by atoms with E-state index < -0.39 is 0 Å². The molecule has 102 valence electrons. The lowest BCUT2D eigenvalue weighted by Crippen LogP contribution is -2.05. The molecule has 0 spiro atoms. The van der Waals surface area contributed by atoms with Gasteiger partial charge in [0.15, 0.2) is 5.65 Å². The van der Waals surface area contributed by atoms with E-state index in [0.29, 0.717) is 5.65 Å². The molecule has 0 fully saturated rings. The van der Waals surface area contributed by atoms with Crippen molar-refractivity contribution in [3.63, 3.8) is 0 Å². The Morgan fingerprint density at radius 1 is 1.20 bits per heavy atom. The number of benzene rings is 1. The van der Waals surface area contributed by atoms with E-state index in [1.165, 1.54) is 0 Å². The Balaban J connectivity index is 1.94. The number of hydrogen-bond donors (Lipinski definition) is 1. The molecule has 1 aromatic carbocycles. The van der Waals surface area contributed by atoms with Gasteiger partial charge in [0.1, 0.15) is 11.6 Å². The molecule has 0 amide bonds. The van der Waals surface area contributed by atoms with Crippen LogP contribution in [0.15, 0.2) is 41.0 Å². The number of pyridine rings is 1. The van der Waals surface area contributed by atoms with Gasteiger partial charge in [-0.25, -0.2) is 9.97 Å². The van der Waals surface area contributed by atoms with Gasteiger partial charge < -0.3 is 9.72 Å². The molecule has 0 aliphatic heterocycles. The predicted molar refractivity (Wildman–Crippen MR) is 82.8 cm³/mol. The molecule has 4 nitrogen and oxygen atoms in total. The number of H-pyrrole nitrogens is 1. The van der Waals surface area contributed by atoms with Crippen LogP contribution in [0.3, 0.4) is 0 Å².